The van der Waals surface area contributed by atoms with E-state index in [9.17, 15) is 18.0 Å². The van der Waals surface area contributed by atoms with E-state index in [1.54, 1.807) is 12.1 Å². The Morgan fingerprint density at radius 1 is 1.26 bits per heavy atom. The molecule has 2 aliphatic rings. The number of carbonyl (C=O) groups excluding carboxylic acids is 1. The average Bonchev–Trinajstić information content (AvgIpc) is 2.99. The molecule has 1 aliphatic heterocycles. The molecule has 5 nitrogen and oxygen atoms in total. The van der Waals surface area contributed by atoms with E-state index in [2.05, 4.69) is 15.3 Å². The number of aliphatic imine (C=N–C) groups is 1. The van der Waals surface area contributed by atoms with E-state index in [1.807, 2.05) is 0 Å². The van der Waals surface area contributed by atoms with Gasteiger partial charge in [0.1, 0.15) is 0 Å². The Kier molecular flexibility index (Phi) is 4.26. The predicted octanol–water partition coefficient (Wildman–Crippen LogP) is 2.27. The van der Waals surface area contributed by atoms with Crippen LogP contribution in [0.25, 0.3) is 0 Å². The summed E-state index contributed by atoms with van der Waals surface area (Å²) in [6.45, 7) is -0.709. The van der Waals surface area contributed by atoms with Crippen molar-refractivity contribution in [2.24, 2.45) is 4.99 Å². The van der Waals surface area contributed by atoms with E-state index in [0.29, 0.717) is 17.7 Å². The van der Waals surface area contributed by atoms with Crippen LogP contribution >= 0.6 is 0 Å². The Morgan fingerprint density at radius 3 is 2.81 bits per heavy atom. The second-order valence-electron chi connectivity index (χ2n) is 6.49. The number of fused-ring (bicyclic) bond motifs is 2. The van der Waals surface area contributed by atoms with E-state index < -0.39 is 29.8 Å². The maximum atomic E-state index is 14.8. The summed E-state index contributed by atoms with van der Waals surface area (Å²) in [6, 6.07) is 7.28. The molecule has 0 saturated carbocycles. The first-order chi connectivity index (χ1) is 12.8. The number of aromatic nitrogens is 1. The fourth-order valence-electron chi connectivity index (χ4n) is 3.49. The monoisotopic (exact) mass is 437 g/mol. The molecule has 27 heavy (non-hydrogen) atoms. The van der Waals surface area contributed by atoms with Gasteiger partial charge in [-0.3, -0.25) is 0 Å². The Bertz CT molecular complexity index is 949. The molecule has 2 heterocycles. The third-order valence-corrected chi connectivity index (χ3v) is 5.46. The van der Waals surface area contributed by atoms with Crippen LogP contribution in [0.2, 0.25) is 0 Å². The summed E-state index contributed by atoms with van der Waals surface area (Å²) < 4.78 is 47.7. The Balaban J connectivity index is 1.68. The number of nitrogens with zero attached hydrogens (tertiary/aromatic N) is 2. The van der Waals surface area contributed by atoms with Gasteiger partial charge in [-0.2, -0.15) is 0 Å². The number of hydrogen-bond donors (Lipinski definition) is 1. The molecule has 2 atom stereocenters. The first kappa shape index (κ1) is 18.0. The first-order valence-electron chi connectivity index (χ1n) is 8.23. The van der Waals surface area contributed by atoms with E-state index in [4.69, 9.17) is 4.74 Å². The Hall–Kier alpha value is -2.34. The van der Waals surface area contributed by atoms with Crippen LogP contribution in [0, 0.1) is 5.82 Å². The minimum absolute atomic E-state index is 0.0274. The van der Waals surface area contributed by atoms with Gasteiger partial charge in [0, 0.05) is 0 Å². The molecule has 2 aromatic rings. The summed E-state index contributed by atoms with van der Waals surface area (Å²) in [5, 5.41) is 2.62. The number of rotatable bonds is 2. The van der Waals surface area contributed by atoms with Gasteiger partial charge in [-0.1, -0.05) is 0 Å². The van der Waals surface area contributed by atoms with Crippen LogP contribution in [0.1, 0.15) is 28.0 Å². The Morgan fingerprint density at radius 2 is 2.07 bits per heavy atom. The molecule has 1 aromatic carbocycles. The summed E-state index contributed by atoms with van der Waals surface area (Å²) in [5.74, 6) is -4.25. The normalized spacial score (nSPS) is 22.7. The van der Waals surface area contributed by atoms with Crippen molar-refractivity contribution in [3.05, 3.63) is 59.2 Å². The quantitative estimate of drug-likeness (QED) is 0.734. The molecule has 0 saturated heterocycles. The standard InChI is InChI=1S/C18H15AsF3N3O2/c19-16-25-17(18(21,22)9-27-16)6-5-10-1-3-12(7-13(10)17)24-15(26)14-4-2-11(20)8-23-14/h1-4,7-8H,5-6,9,19H2,(H,24,26)/t17-/m1/s1. The Labute approximate surface area is 161 Å². The van der Waals surface area contributed by atoms with E-state index in [-0.39, 0.29) is 16.8 Å². The van der Waals surface area contributed by atoms with Crippen LogP contribution in [0.15, 0.2) is 41.5 Å². The molecule has 9 heteroatoms. The number of pyridine rings is 1. The predicted molar refractivity (Wildman–Crippen MR) is 95.5 cm³/mol. The summed E-state index contributed by atoms with van der Waals surface area (Å²) in [6.07, 6.45) is 1.60. The van der Waals surface area contributed by atoms with Crippen LogP contribution in [-0.2, 0) is 16.7 Å². The molecule has 1 amide bonds. The number of alkyl halides is 2. The van der Waals surface area contributed by atoms with Gasteiger partial charge in [0.25, 0.3) is 0 Å². The van der Waals surface area contributed by atoms with Gasteiger partial charge in [0.15, 0.2) is 0 Å². The van der Waals surface area contributed by atoms with Gasteiger partial charge in [0.2, 0.25) is 0 Å². The number of anilines is 1. The van der Waals surface area contributed by atoms with Crippen LogP contribution in [0.5, 0.6) is 0 Å². The number of halogens is 3. The molecule has 1 aromatic heterocycles. The summed E-state index contributed by atoms with van der Waals surface area (Å²) in [4.78, 5) is 20.2. The second kappa shape index (κ2) is 6.37. The summed E-state index contributed by atoms with van der Waals surface area (Å²) in [7, 11) is 0. The van der Waals surface area contributed by atoms with Crippen molar-refractivity contribution >= 4 is 33.1 Å². The van der Waals surface area contributed by atoms with Gasteiger partial charge >= 0.3 is 157 Å². The average molecular weight is 437 g/mol. The van der Waals surface area contributed by atoms with Crippen molar-refractivity contribution < 1.29 is 22.7 Å². The number of ether oxygens (including phenoxy) is 1. The molecular formula is C18H15AsF3N3O2. The topological polar surface area (TPSA) is 63.6 Å². The zero-order valence-corrected chi connectivity index (χ0v) is 16.4. The van der Waals surface area contributed by atoms with E-state index in [1.165, 1.54) is 12.1 Å². The SMILES string of the molecule is O=C(Nc1ccc2c(c1)[C@@]1(CC2)N=C([AsH2])OCC1(F)F)c1ccc(F)cn1. The summed E-state index contributed by atoms with van der Waals surface area (Å²) >= 11 is 1.06. The molecule has 140 valence electrons. The van der Waals surface area contributed by atoms with E-state index >= 15 is 0 Å². The van der Waals surface area contributed by atoms with Gasteiger partial charge in [-0.25, -0.2) is 4.39 Å². The second-order valence-corrected chi connectivity index (χ2v) is 7.53. The van der Waals surface area contributed by atoms with Crippen LogP contribution in [0.4, 0.5) is 18.9 Å². The van der Waals surface area contributed by atoms with Crippen molar-refractivity contribution in [2.75, 3.05) is 11.9 Å². The van der Waals surface area contributed by atoms with Gasteiger partial charge in [0.05, 0.1) is 0 Å². The van der Waals surface area contributed by atoms with Crippen molar-refractivity contribution in [1.29, 1.82) is 0 Å². The van der Waals surface area contributed by atoms with Crippen molar-refractivity contribution in [3.8, 4) is 0 Å². The fraction of sp³-hybridized carbons (Fsp3) is 0.278. The number of carbonyl (C=O) groups is 1. The number of nitrogens with one attached hydrogen (secondary N) is 1. The van der Waals surface area contributed by atoms with Crippen LogP contribution in [-0.4, -0.2) is 45.0 Å². The molecular weight excluding hydrogens is 422 g/mol. The molecule has 0 radical (unpaired) electrons. The van der Waals surface area contributed by atoms with E-state index in [0.717, 1.165) is 34.7 Å². The molecule has 1 N–H and O–H groups in total. The molecule has 0 fully saturated rings. The maximum absolute atomic E-state index is 14.8. The molecule has 0 bridgehead atoms. The van der Waals surface area contributed by atoms with Gasteiger partial charge in [-0.15, -0.1) is 0 Å². The third kappa shape index (κ3) is 3.02. The number of amides is 1. The van der Waals surface area contributed by atoms with Crippen LogP contribution < -0.4 is 5.32 Å². The zero-order valence-electron chi connectivity index (χ0n) is 14.0. The molecule has 1 spiro atoms. The molecule has 4 rings (SSSR count). The fourth-order valence-corrected chi connectivity index (χ4v) is 4.13. The molecule has 1 aliphatic carbocycles. The number of hydrogen-bond acceptors (Lipinski definition) is 4. The van der Waals surface area contributed by atoms with Gasteiger partial charge < -0.3 is 0 Å². The first-order valence-corrected chi connectivity index (χ1v) is 9.44. The van der Waals surface area contributed by atoms with Gasteiger partial charge in [-0.05, 0) is 0 Å². The van der Waals surface area contributed by atoms with Crippen molar-refractivity contribution in [3.63, 3.8) is 0 Å². The number of aryl methyl sites for hydroxylation is 1. The molecule has 1 unspecified atom stereocenters. The number of benzene rings is 1. The third-order valence-electron chi connectivity index (χ3n) is 4.84. The van der Waals surface area contributed by atoms with Crippen molar-refractivity contribution in [2.45, 2.75) is 24.3 Å². The van der Waals surface area contributed by atoms with Crippen LogP contribution in [0.3, 0.4) is 0 Å². The minimum atomic E-state index is -3.14. The van der Waals surface area contributed by atoms with Crippen molar-refractivity contribution in [1.82, 2.24) is 4.98 Å². The zero-order chi connectivity index (χ0) is 19.2. The summed E-state index contributed by atoms with van der Waals surface area (Å²) in [5.41, 5.74) is -0.109.